The van der Waals surface area contributed by atoms with Crippen LogP contribution in [0.1, 0.15) is 41.5 Å². The van der Waals surface area contributed by atoms with Crippen molar-refractivity contribution < 1.29 is 28.4 Å². The second-order valence-electron chi connectivity index (χ2n) is 7.68. The quantitative estimate of drug-likeness (QED) is 0.339. The highest BCUT2D eigenvalue weighted by Gasteiger charge is 2.62. The fourth-order valence-corrected chi connectivity index (χ4v) is 3.37. The average Bonchev–Trinajstić information content (AvgIpc) is 2.98. The molecule has 0 amide bonds. The smallest absolute Gasteiger partial charge is 0.297 e. The van der Waals surface area contributed by atoms with Crippen LogP contribution in [0.25, 0.3) is 0 Å². The minimum atomic E-state index is -0.747. The predicted molar refractivity (Wildman–Crippen MR) is 81.9 cm³/mol. The van der Waals surface area contributed by atoms with E-state index in [0.717, 1.165) is 4.74 Å². The third-order valence-corrected chi connectivity index (χ3v) is 4.16. The summed E-state index contributed by atoms with van der Waals surface area (Å²) in [6, 6.07) is 0. The van der Waals surface area contributed by atoms with Crippen LogP contribution in [0.3, 0.4) is 0 Å². The molecular weight excluding hydrogens is 302 g/mol. The molecule has 0 aromatic heterocycles. The summed E-state index contributed by atoms with van der Waals surface area (Å²) < 4.78 is 30.3. The van der Waals surface area contributed by atoms with E-state index in [4.69, 9.17) is 23.7 Å². The zero-order valence-corrected chi connectivity index (χ0v) is 14.6. The predicted octanol–water partition coefficient (Wildman–Crippen LogP) is 1.62. The molecule has 3 heterocycles. The SMILES string of the molecule is CC(C)C=[N+]([O-])[C@@H]1O[C@@H]([C@H]2COC(C)(C)O2)C2OC(C)(C)O[C@@H]21. The van der Waals surface area contributed by atoms with Crippen LogP contribution in [-0.2, 0) is 23.7 Å². The first-order chi connectivity index (χ1) is 10.6. The second kappa shape index (κ2) is 5.67. The topological polar surface area (TPSA) is 72.2 Å². The summed E-state index contributed by atoms with van der Waals surface area (Å²) >= 11 is 0. The van der Waals surface area contributed by atoms with Crippen LogP contribution in [0, 0.1) is 11.1 Å². The van der Waals surface area contributed by atoms with Crippen molar-refractivity contribution in [3.8, 4) is 0 Å². The lowest BCUT2D eigenvalue weighted by Gasteiger charge is -2.26. The summed E-state index contributed by atoms with van der Waals surface area (Å²) in [5.41, 5.74) is 0. The fraction of sp³-hybridized carbons (Fsp3) is 0.938. The lowest BCUT2D eigenvalue weighted by Crippen LogP contribution is -2.40. The first-order valence-corrected chi connectivity index (χ1v) is 8.21. The van der Waals surface area contributed by atoms with E-state index in [1.165, 1.54) is 0 Å². The minimum Gasteiger partial charge on any atom is -0.622 e. The van der Waals surface area contributed by atoms with Crippen LogP contribution in [0.5, 0.6) is 0 Å². The third-order valence-electron chi connectivity index (χ3n) is 4.16. The number of hydrogen-bond donors (Lipinski definition) is 0. The molecule has 1 unspecified atom stereocenters. The van der Waals surface area contributed by atoms with Gasteiger partial charge in [0.05, 0.1) is 6.61 Å². The molecule has 0 saturated carbocycles. The van der Waals surface area contributed by atoms with Gasteiger partial charge < -0.3 is 28.9 Å². The Morgan fingerprint density at radius 3 is 2.22 bits per heavy atom. The highest BCUT2D eigenvalue weighted by molar-refractivity contribution is 5.53. The minimum absolute atomic E-state index is 0.119. The van der Waals surface area contributed by atoms with E-state index in [2.05, 4.69) is 0 Å². The molecule has 0 radical (unpaired) electrons. The van der Waals surface area contributed by atoms with Crippen molar-refractivity contribution in [3.63, 3.8) is 0 Å². The maximum absolute atomic E-state index is 12.4. The highest BCUT2D eigenvalue weighted by atomic mass is 16.8. The van der Waals surface area contributed by atoms with Gasteiger partial charge in [0.25, 0.3) is 6.23 Å². The van der Waals surface area contributed by atoms with Crippen molar-refractivity contribution in [2.45, 2.75) is 83.8 Å². The van der Waals surface area contributed by atoms with E-state index in [1.54, 1.807) is 6.21 Å². The Kier molecular flexibility index (Phi) is 4.21. The van der Waals surface area contributed by atoms with Gasteiger partial charge in [-0.15, -0.1) is 0 Å². The molecule has 132 valence electrons. The van der Waals surface area contributed by atoms with Gasteiger partial charge >= 0.3 is 0 Å². The lowest BCUT2D eigenvalue weighted by molar-refractivity contribution is -0.564. The molecule has 3 saturated heterocycles. The molecule has 0 aromatic rings. The molecule has 0 aromatic carbocycles. The van der Waals surface area contributed by atoms with E-state index in [0.29, 0.717) is 6.61 Å². The van der Waals surface area contributed by atoms with Gasteiger partial charge in [-0.2, -0.15) is 4.74 Å². The van der Waals surface area contributed by atoms with Crippen LogP contribution < -0.4 is 0 Å². The highest BCUT2D eigenvalue weighted by Crippen LogP contribution is 2.42. The van der Waals surface area contributed by atoms with Crippen molar-refractivity contribution in [2.24, 2.45) is 5.92 Å². The molecule has 3 aliphatic rings. The zero-order valence-electron chi connectivity index (χ0n) is 14.6. The van der Waals surface area contributed by atoms with E-state index in [1.807, 2.05) is 41.5 Å². The molecule has 7 heteroatoms. The first kappa shape index (κ1) is 17.1. The summed E-state index contributed by atoms with van der Waals surface area (Å²) in [7, 11) is 0. The molecule has 23 heavy (non-hydrogen) atoms. The molecule has 0 N–H and O–H groups in total. The second-order valence-corrected chi connectivity index (χ2v) is 7.68. The molecule has 0 bridgehead atoms. The van der Waals surface area contributed by atoms with Gasteiger partial charge in [0.1, 0.15) is 18.3 Å². The molecule has 3 aliphatic heterocycles. The molecule has 3 fully saturated rings. The Hall–Kier alpha value is -0.730. The van der Waals surface area contributed by atoms with E-state index in [-0.39, 0.29) is 18.1 Å². The number of nitrogens with zero attached hydrogens (tertiary/aromatic N) is 1. The van der Waals surface area contributed by atoms with E-state index < -0.39 is 30.0 Å². The summed E-state index contributed by atoms with van der Waals surface area (Å²) in [6.07, 6.45) is -0.627. The Labute approximate surface area is 137 Å². The van der Waals surface area contributed by atoms with E-state index >= 15 is 0 Å². The van der Waals surface area contributed by atoms with Crippen molar-refractivity contribution >= 4 is 6.21 Å². The fourth-order valence-electron chi connectivity index (χ4n) is 3.37. The lowest BCUT2D eigenvalue weighted by atomic mass is 10.1. The van der Waals surface area contributed by atoms with Crippen LogP contribution in [0.4, 0.5) is 0 Å². The molecule has 3 rings (SSSR count). The molecule has 7 nitrogen and oxygen atoms in total. The van der Waals surface area contributed by atoms with Gasteiger partial charge in [0.2, 0.25) is 0 Å². The Bertz CT molecular complexity index is 489. The molecule has 5 atom stereocenters. The van der Waals surface area contributed by atoms with Gasteiger partial charge in [-0.3, -0.25) is 0 Å². The van der Waals surface area contributed by atoms with Gasteiger partial charge in [-0.05, 0) is 27.7 Å². The normalized spacial score (nSPS) is 42.4. The molecule has 0 aliphatic carbocycles. The van der Waals surface area contributed by atoms with Crippen molar-refractivity contribution in [3.05, 3.63) is 5.21 Å². The number of hydroxylamine groups is 1. The summed E-state index contributed by atoms with van der Waals surface area (Å²) in [5, 5.41) is 12.4. The monoisotopic (exact) mass is 329 g/mol. The van der Waals surface area contributed by atoms with Crippen molar-refractivity contribution in [1.29, 1.82) is 0 Å². The van der Waals surface area contributed by atoms with Gasteiger partial charge in [-0.25, -0.2) is 0 Å². The van der Waals surface area contributed by atoms with Gasteiger partial charge in [0, 0.05) is 5.92 Å². The maximum Gasteiger partial charge on any atom is 0.297 e. The standard InChI is InChI=1S/C16H27NO6/c1-9(2)7-17(18)14-13-12(22-16(5,6)23-13)11(20-14)10-8-19-15(3,4)21-10/h7,9-14H,8H2,1-6H3/t10-,11+,12?,13+,14-/m1/s1. The average molecular weight is 329 g/mol. The van der Waals surface area contributed by atoms with Crippen molar-refractivity contribution in [2.75, 3.05) is 6.61 Å². The summed E-state index contributed by atoms with van der Waals surface area (Å²) in [5.74, 6) is -1.28. The number of rotatable bonds is 3. The number of ether oxygens (including phenoxy) is 5. The number of hydrogen-bond acceptors (Lipinski definition) is 6. The number of fused-ring (bicyclic) bond motifs is 1. The van der Waals surface area contributed by atoms with Crippen LogP contribution in [0.15, 0.2) is 0 Å². The van der Waals surface area contributed by atoms with Crippen LogP contribution in [0.2, 0.25) is 0 Å². The van der Waals surface area contributed by atoms with E-state index in [9.17, 15) is 5.21 Å². The Morgan fingerprint density at radius 1 is 1.00 bits per heavy atom. The zero-order chi connectivity index (χ0) is 17.0. The summed E-state index contributed by atoms with van der Waals surface area (Å²) in [6.45, 7) is 11.7. The Morgan fingerprint density at radius 2 is 1.65 bits per heavy atom. The van der Waals surface area contributed by atoms with Crippen molar-refractivity contribution in [1.82, 2.24) is 0 Å². The maximum atomic E-state index is 12.4. The first-order valence-electron chi connectivity index (χ1n) is 8.21. The van der Waals surface area contributed by atoms with Gasteiger partial charge in [-0.1, -0.05) is 13.8 Å². The van der Waals surface area contributed by atoms with Crippen LogP contribution >= 0.6 is 0 Å². The summed E-state index contributed by atoms with van der Waals surface area (Å²) in [4.78, 5) is 0. The largest absolute Gasteiger partial charge is 0.622 e. The Balaban J connectivity index is 1.82. The molecular formula is C16H27NO6. The third kappa shape index (κ3) is 3.39. The molecule has 0 spiro atoms. The van der Waals surface area contributed by atoms with Gasteiger partial charge in [0.15, 0.2) is 23.9 Å². The van der Waals surface area contributed by atoms with Crippen LogP contribution in [-0.4, -0.2) is 59.8 Å².